The number of hydrogen-bond acceptors (Lipinski definition) is 3. The van der Waals surface area contributed by atoms with Crippen LogP contribution in [0, 0.1) is 6.92 Å². The Morgan fingerprint density at radius 3 is 2.04 bits per heavy atom. The van der Waals surface area contributed by atoms with E-state index in [1.165, 1.54) is 0 Å². The summed E-state index contributed by atoms with van der Waals surface area (Å²) in [6.45, 7) is 6.04. The van der Waals surface area contributed by atoms with E-state index < -0.39 is 0 Å². The van der Waals surface area contributed by atoms with Crippen LogP contribution in [-0.4, -0.2) is 74.2 Å². The summed E-state index contributed by atoms with van der Waals surface area (Å²) in [7, 11) is 8.40. The van der Waals surface area contributed by atoms with E-state index >= 15 is 0 Å². The van der Waals surface area contributed by atoms with E-state index in [4.69, 9.17) is 23.8 Å². The molecule has 0 bridgehead atoms. The van der Waals surface area contributed by atoms with Gasteiger partial charge in [0.2, 0.25) is 0 Å². The van der Waals surface area contributed by atoms with Gasteiger partial charge in [-0.3, -0.25) is 0 Å². The van der Waals surface area contributed by atoms with E-state index in [1.54, 1.807) is 0 Å². The molecule has 0 spiro atoms. The monoisotopic (exact) mass is 370 g/mol. The topological polar surface area (TPSA) is 21.8 Å². The summed E-state index contributed by atoms with van der Waals surface area (Å²) < 4.78 is 0. The summed E-state index contributed by atoms with van der Waals surface area (Å²) in [5.41, 5.74) is 2.01. The largest absolute Gasteiger partial charge is 0.349 e. The highest BCUT2D eigenvalue weighted by molar-refractivity contribution is 7.80. The number of nitrogens with one attached hydrogen (secondary N) is 1. The Balaban J connectivity index is 2.68. The van der Waals surface area contributed by atoms with E-state index in [1.807, 2.05) is 25.1 Å². The zero-order chi connectivity index (χ0) is 18.1. The lowest BCUT2D eigenvalue weighted by Crippen LogP contribution is -2.38. The Kier molecular flexibility index (Phi) is 9.59. The van der Waals surface area contributed by atoms with Crippen molar-refractivity contribution in [1.82, 2.24) is 14.7 Å². The van der Waals surface area contributed by atoms with Crippen LogP contribution in [0.5, 0.6) is 0 Å². The third-order valence-corrected chi connectivity index (χ3v) is 4.63. The lowest BCUT2D eigenvalue weighted by molar-refractivity contribution is 0.325. The van der Waals surface area contributed by atoms with Crippen LogP contribution in [-0.2, 0) is 0 Å². The molecular weight excluding hydrogens is 340 g/mol. The van der Waals surface area contributed by atoms with Gasteiger partial charge in [-0.1, -0.05) is 17.7 Å². The highest BCUT2D eigenvalue weighted by Crippen LogP contribution is 2.23. The Hall–Kier alpha value is -0.880. The van der Waals surface area contributed by atoms with Crippen molar-refractivity contribution in [3.05, 3.63) is 28.8 Å². The van der Waals surface area contributed by atoms with Gasteiger partial charge in [0.15, 0.2) is 5.11 Å². The minimum absolute atomic E-state index is 0.759. The molecule has 1 aromatic rings. The average Bonchev–Trinajstić information content (AvgIpc) is 2.49. The van der Waals surface area contributed by atoms with Crippen molar-refractivity contribution in [3.8, 4) is 0 Å². The quantitative estimate of drug-likeness (QED) is 0.669. The minimum atomic E-state index is 0.759. The summed E-state index contributed by atoms with van der Waals surface area (Å²) in [6, 6.07) is 5.87. The van der Waals surface area contributed by atoms with E-state index in [2.05, 4.69) is 48.2 Å². The van der Waals surface area contributed by atoms with Gasteiger partial charge in [0.25, 0.3) is 0 Å². The molecule has 24 heavy (non-hydrogen) atoms. The van der Waals surface area contributed by atoms with Gasteiger partial charge in [0, 0.05) is 23.8 Å². The summed E-state index contributed by atoms with van der Waals surface area (Å²) in [5.74, 6) is 0. The molecule has 0 heterocycles. The van der Waals surface area contributed by atoms with Gasteiger partial charge in [0.05, 0.1) is 0 Å². The Morgan fingerprint density at radius 1 is 1.00 bits per heavy atom. The molecule has 1 N–H and O–H groups in total. The van der Waals surface area contributed by atoms with Crippen molar-refractivity contribution in [2.24, 2.45) is 0 Å². The molecule has 1 rings (SSSR count). The Labute approximate surface area is 157 Å². The Bertz CT molecular complexity index is 506. The second-order valence-electron chi connectivity index (χ2n) is 6.64. The molecule has 0 aliphatic carbocycles. The van der Waals surface area contributed by atoms with Gasteiger partial charge >= 0.3 is 0 Å². The second-order valence-corrected chi connectivity index (χ2v) is 7.44. The summed E-state index contributed by atoms with van der Waals surface area (Å²) in [4.78, 5) is 6.67. The van der Waals surface area contributed by atoms with Crippen molar-refractivity contribution in [1.29, 1.82) is 0 Å². The first-order valence-corrected chi connectivity index (χ1v) is 9.20. The fourth-order valence-corrected chi connectivity index (χ4v) is 2.87. The molecule has 0 aliphatic heterocycles. The number of nitrogens with zero attached hydrogens (tertiary/aromatic N) is 3. The fourth-order valence-electron chi connectivity index (χ4n) is 2.41. The molecule has 6 heteroatoms. The predicted octanol–water partition coefficient (Wildman–Crippen LogP) is 3.55. The standard InChI is InChI=1S/C18H31ClN4S/c1-15-16(19)9-6-10-17(15)20-18(24)23(13-7-11-21(2)3)14-8-12-22(4)5/h6,9-10H,7-8,11-14H2,1-5H3,(H,20,24). The van der Waals surface area contributed by atoms with Crippen LogP contribution < -0.4 is 5.32 Å². The highest BCUT2D eigenvalue weighted by Gasteiger charge is 2.12. The van der Waals surface area contributed by atoms with Gasteiger partial charge in [-0.25, -0.2) is 0 Å². The maximum Gasteiger partial charge on any atom is 0.173 e. The number of benzene rings is 1. The van der Waals surface area contributed by atoms with E-state index in [9.17, 15) is 0 Å². The first kappa shape index (κ1) is 21.2. The number of hydrogen-bond donors (Lipinski definition) is 1. The molecule has 0 saturated carbocycles. The summed E-state index contributed by atoms with van der Waals surface area (Å²) >= 11 is 11.9. The molecule has 4 nitrogen and oxygen atoms in total. The molecule has 0 unspecified atom stereocenters. The first-order valence-electron chi connectivity index (χ1n) is 8.41. The Morgan fingerprint density at radius 2 is 1.54 bits per heavy atom. The predicted molar refractivity (Wildman–Crippen MR) is 110 cm³/mol. The normalized spacial score (nSPS) is 11.2. The average molecular weight is 371 g/mol. The number of rotatable bonds is 9. The van der Waals surface area contributed by atoms with E-state index in [0.29, 0.717) is 0 Å². The van der Waals surface area contributed by atoms with Crippen LogP contribution in [0.25, 0.3) is 0 Å². The number of anilines is 1. The maximum atomic E-state index is 6.21. The maximum absolute atomic E-state index is 6.21. The van der Waals surface area contributed by atoms with Crippen LogP contribution in [0.1, 0.15) is 18.4 Å². The minimum Gasteiger partial charge on any atom is -0.349 e. The van der Waals surface area contributed by atoms with E-state index in [0.717, 1.165) is 60.4 Å². The van der Waals surface area contributed by atoms with Gasteiger partial charge in [0.1, 0.15) is 0 Å². The zero-order valence-electron chi connectivity index (χ0n) is 15.6. The molecule has 1 aromatic carbocycles. The molecule has 0 radical (unpaired) electrons. The number of halogens is 1. The first-order chi connectivity index (χ1) is 11.3. The van der Waals surface area contributed by atoms with Gasteiger partial charge < -0.3 is 20.0 Å². The molecule has 0 fully saturated rings. The van der Waals surface area contributed by atoms with Gasteiger partial charge in [-0.2, -0.15) is 0 Å². The van der Waals surface area contributed by atoms with E-state index in [-0.39, 0.29) is 0 Å². The van der Waals surface area contributed by atoms with Crippen molar-refractivity contribution >= 4 is 34.6 Å². The third-order valence-electron chi connectivity index (χ3n) is 3.86. The molecule has 0 aromatic heterocycles. The SMILES string of the molecule is Cc1c(Cl)cccc1NC(=S)N(CCCN(C)C)CCCN(C)C. The van der Waals surface area contributed by atoms with Crippen molar-refractivity contribution in [2.75, 3.05) is 59.7 Å². The molecule has 136 valence electrons. The molecule has 0 amide bonds. The second kappa shape index (κ2) is 10.9. The molecule has 0 atom stereocenters. The smallest absolute Gasteiger partial charge is 0.173 e. The molecule has 0 aliphatic rings. The van der Waals surface area contributed by atoms with Crippen LogP contribution >= 0.6 is 23.8 Å². The van der Waals surface area contributed by atoms with Crippen molar-refractivity contribution in [3.63, 3.8) is 0 Å². The summed E-state index contributed by atoms with van der Waals surface area (Å²) in [6.07, 6.45) is 2.18. The third kappa shape index (κ3) is 7.79. The number of thiocarbonyl (C=S) groups is 1. The van der Waals surface area contributed by atoms with Crippen LogP contribution in [0.3, 0.4) is 0 Å². The highest BCUT2D eigenvalue weighted by atomic mass is 35.5. The summed E-state index contributed by atoms with van der Waals surface area (Å²) in [5, 5.41) is 4.91. The van der Waals surface area contributed by atoms with Crippen LogP contribution in [0.2, 0.25) is 5.02 Å². The van der Waals surface area contributed by atoms with Crippen molar-refractivity contribution < 1.29 is 0 Å². The molecule has 0 saturated heterocycles. The molecular formula is C18H31ClN4S. The lowest BCUT2D eigenvalue weighted by atomic mass is 10.2. The van der Waals surface area contributed by atoms with Crippen LogP contribution in [0.15, 0.2) is 18.2 Å². The van der Waals surface area contributed by atoms with Crippen LogP contribution in [0.4, 0.5) is 5.69 Å². The van der Waals surface area contributed by atoms with Crippen molar-refractivity contribution in [2.45, 2.75) is 19.8 Å². The zero-order valence-corrected chi connectivity index (χ0v) is 17.2. The van der Waals surface area contributed by atoms with Gasteiger partial charge in [-0.15, -0.1) is 0 Å². The fraction of sp³-hybridized carbons (Fsp3) is 0.611. The van der Waals surface area contributed by atoms with Gasteiger partial charge in [-0.05, 0) is 91.0 Å². The lowest BCUT2D eigenvalue weighted by Gasteiger charge is -2.27.